The normalized spacial score (nSPS) is 18.3. The molecule has 10 heteroatoms. The van der Waals surface area contributed by atoms with Crippen LogP contribution in [0.25, 0.3) is 0 Å². The molecule has 0 aliphatic carbocycles. The summed E-state index contributed by atoms with van der Waals surface area (Å²) in [5.41, 5.74) is -0.685. The number of halogens is 1. The monoisotopic (exact) mass is 524 g/mol. The van der Waals surface area contributed by atoms with Crippen molar-refractivity contribution in [3.05, 3.63) is 105 Å². The Morgan fingerprint density at radius 2 is 1.46 bits per heavy atom. The smallest absolute Gasteiger partial charge is 0.329 e. The lowest BCUT2D eigenvalue weighted by atomic mass is 9.71. The van der Waals surface area contributed by atoms with E-state index in [0.29, 0.717) is 21.8 Å². The van der Waals surface area contributed by atoms with Crippen LogP contribution in [0.15, 0.2) is 78.9 Å². The number of hydrogen-bond acceptors (Lipinski definition) is 8. The third-order valence-electron chi connectivity index (χ3n) is 6.13. The Kier molecular flexibility index (Phi) is 7.75. The third-order valence-corrected chi connectivity index (χ3v) is 6.38. The molecule has 37 heavy (non-hydrogen) atoms. The third kappa shape index (κ3) is 4.75. The fraction of sp³-hybridized carbons (Fsp3) is 0.259. The van der Waals surface area contributed by atoms with Crippen LogP contribution in [-0.4, -0.2) is 30.1 Å². The van der Waals surface area contributed by atoms with Gasteiger partial charge < -0.3 is 9.47 Å². The van der Waals surface area contributed by atoms with Gasteiger partial charge >= 0.3 is 11.9 Å². The van der Waals surface area contributed by atoms with Gasteiger partial charge in [-0.15, -0.1) is 0 Å². The Morgan fingerprint density at radius 1 is 0.919 bits per heavy atom. The van der Waals surface area contributed by atoms with Crippen molar-refractivity contribution in [1.29, 1.82) is 0 Å². The number of benzene rings is 3. The summed E-state index contributed by atoms with van der Waals surface area (Å²) in [5.74, 6) is -1.68. The highest BCUT2D eigenvalue weighted by atomic mass is 35.5. The Hall–Kier alpha value is -3.95. The number of hydroxylamine groups is 1. The number of anilines is 1. The Balaban J connectivity index is 2.02. The molecule has 9 nitrogen and oxygen atoms in total. The summed E-state index contributed by atoms with van der Waals surface area (Å²) >= 11 is 6.11. The molecule has 0 radical (unpaired) electrons. The molecule has 2 atom stereocenters. The number of nitro benzene ring substituents is 1. The summed E-state index contributed by atoms with van der Waals surface area (Å²) in [7, 11) is 0. The van der Waals surface area contributed by atoms with Crippen LogP contribution < -0.4 is 5.06 Å². The SMILES string of the molecule is CCOC(=O)C1(C(=O)OCC)[C@@H](c2ccc(Cl)cc2)ON(c2ccccc2)[C@@H]1c1ccc([N+](=O)[O-])cc1. The van der Waals surface area contributed by atoms with Crippen LogP contribution in [0.1, 0.15) is 37.1 Å². The second-order valence-corrected chi connectivity index (χ2v) is 8.70. The van der Waals surface area contributed by atoms with Crippen LogP contribution in [0.5, 0.6) is 0 Å². The van der Waals surface area contributed by atoms with Crippen LogP contribution in [0.2, 0.25) is 5.02 Å². The molecule has 0 spiro atoms. The first-order valence-corrected chi connectivity index (χ1v) is 12.1. The minimum atomic E-state index is -2.02. The minimum Gasteiger partial charge on any atom is -0.465 e. The largest absolute Gasteiger partial charge is 0.465 e. The number of ether oxygens (including phenoxy) is 2. The summed E-state index contributed by atoms with van der Waals surface area (Å²) in [4.78, 5) is 45.0. The topological polar surface area (TPSA) is 108 Å². The van der Waals surface area contributed by atoms with Gasteiger partial charge in [0.1, 0.15) is 12.1 Å². The summed E-state index contributed by atoms with van der Waals surface area (Å²) in [6.07, 6.45) is -1.16. The van der Waals surface area contributed by atoms with E-state index in [1.165, 1.54) is 29.3 Å². The van der Waals surface area contributed by atoms with E-state index in [1.54, 1.807) is 62.4 Å². The van der Waals surface area contributed by atoms with Crippen molar-refractivity contribution in [2.24, 2.45) is 5.41 Å². The number of non-ortho nitro benzene ring substituents is 1. The molecule has 0 bridgehead atoms. The summed E-state index contributed by atoms with van der Waals surface area (Å²) in [6.45, 7) is 3.29. The van der Waals surface area contributed by atoms with Gasteiger partial charge in [-0.25, -0.2) is 5.06 Å². The minimum absolute atomic E-state index is 0.00560. The van der Waals surface area contributed by atoms with Crippen LogP contribution in [0.4, 0.5) is 11.4 Å². The molecule has 1 fully saturated rings. The van der Waals surface area contributed by atoms with Crippen molar-refractivity contribution in [1.82, 2.24) is 0 Å². The summed E-state index contributed by atoms with van der Waals surface area (Å²) < 4.78 is 11.0. The first kappa shape index (κ1) is 26.1. The second kappa shape index (κ2) is 11.0. The molecule has 0 amide bonds. The predicted molar refractivity (Wildman–Crippen MR) is 136 cm³/mol. The lowest BCUT2D eigenvalue weighted by Crippen LogP contribution is -2.49. The van der Waals surface area contributed by atoms with E-state index in [9.17, 15) is 19.7 Å². The average molecular weight is 525 g/mol. The summed E-state index contributed by atoms with van der Waals surface area (Å²) in [5, 5.41) is 13.2. The van der Waals surface area contributed by atoms with E-state index in [4.69, 9.17) is 25.9 Å². The first-order chi connectivity index (χ1) is 17.8. The maximum atomic E-state index is 13.9. The van der Waals surface area contributed by atoms with Gasteiger partial charge in [-0.05, 0) is 61.4 Å². The molecule has 0 saturated carbocycles. The van der Waals surface area contributed by atoms with Gasteiger partial charge in [0.15, 0.2) is 0 Å². The average Bonchev–Trinajstić information content (AvgIpc) is 3.27. The molecule has 0 N–H and O–H groups in total. The zero-order valence-corrected chi connectivity index (χ0v) is 21.0. The van der Waals surface area contributed by atoms with Gasteiger partial charge in [0.2, 0.25) is 5.41 Å². The molecule has 3 aromatic rings. The second-order valence-electron chi connectivity index (χ2n) is 8.26. The van der Waals surface area contributed by atoms with Gasteiger partial charge in [0.25, 0.3) is 5.69 Å². The zero-order valence-electron chi connectivity index (χ0n) is 20.2. The van der Waals surface area contributed by atoms with Gasteiger partial charge in [0, 0.05) is 17.2 Å². The van der Waals surface area contributed by atoms with Crippen LogP contribution in [0.3, 0.4) is 0 Å². The molecule has 3 aromatic carbocycles. The fourth-order valence-electron chi connectivity index (χ4n) is 4.53. The molecule has 192 valence electrons. The van der Waals surface area contributed by atoms with Crippen molar-refractivity contribution in [2.75, 3.05) is 18.3 Å². The molecule has 1 aliphatic rings. The summed E-state index contributed by atoms with van der Waals surface area (Å²) in [6, 6.07) is 20.1. The number of carbonyl (C=O) groups excluding carboxylic acids is 2. The highest BCUT2D eigenvalue weighted by Gasteiger charge is 2.69. The van der Waals surface area contributed by atoms with Crippen LogP contribution in [0, 0.1) is 15.5 Å². The fourth-order valence-corrected chi connectivity index (χ4v) is 4.66. The number of rotatable bonds is 8. The molecular weight excluding hydrogens is 500 g/mol. The molecule has 1 saturated heterocycles. The molecule has 0 aromatic heterocycles. The van der Waals surface area contributed by atoms with Crippen molar-refractivity contribution < 1.29 is 28.8 Å². The number of hydrogen-bond donors (Lipinski definition) is 0. The van der Waals surface area contributed by atoms with Gasteiger partial charge in [0.05, 0.1) is 23.8 Å². The van der Waals surface area contributed by atoms with E-state index in [2.05, 4.69) is 0 Å². The number of nitrogens with zero attached hydrogens (tertiary/aromatic N) is 2. The van der Waals surface area contributed by atoms with E-state index in [-0.39, 0.29) is 18.9 Å². The maximum absolute atomic E-state index is 13.9. The molecular formula is C27H25ClN2O7. The van der Waals surface area contributed by atoms with Gasteiger partial charge in [-0.1, -0.05) is 41.9 Å². The van der Waals surface area contributed by atoms with Crippen molar-refractivity contribution in [3.63, 3.8) is 0 Å². The van der Waals surface area contributed by atoms with Crippen LogP contribution in [-0.2, 0) is 23.9 Å². The van der Waals surface area contributed by atoms with E-state index in [0.717, 1.165) is 0 Å². The zero-order chi connectivity index (χ0) is 26.6. The van der Waals surface area contributed by atoms with E-state index in [1.807, 2.05) is 6.07 Å². The number of para-hydroxylation sites is 1. The van der Waals surface area contributed by atoms with Gasteiger partial charge in [-0.3, -0.25) is 24.5 Å². The Bertz CT molecular complexity index is 1250. The molecule has 1 heterocycles. The van der Waals surface area contributed by atoms with E-state index < -0.39 is 34.4 Å². The lowest BCUT2D eigenvalue weighted by Gasteiger charge is -2.34. The lowest BCUT2D eigenvalue weighted by molar-refractivity contribution is -0.384. The van der Waals surface area contributed by atoms with Crippen molar-refractivity contribution >= 4 is 34.9 Å². The van der Waals surface area contributed by atoms with Gasteiger partial charge in [-0.2, -0.15) is 0 Å². The quantitative estimate of drug-likeness (QED) is 0.162. The first-order valence-electron chi connectivity index (χ1n) is 11.7. The Labute approximate surface area is 218 Å². The standard InChI is InChI=1S/C27H25ClN2O7/c1-3-35-25(31)27(26(32)36-4-2)23(18-12-16-22(17-13-18)30(33)34)29(21-8-6-5-7-9-21)37-24(27)19-10-14-20(28)15-11-19/h5-17,23-24H,3-4H2,1-2H3/t23-,24-/m1/s1. The number of esters is 2. The highest BCUT2D eigenvalue weighted by molar-refractivity contribution is 6.30. The van der Waals surface area contributed by atoms with Crippen molar-refractivity contribution in [2.45, 2.75) is 26.0 Å². The number of nitro groups is 1. The van der Waals surface area contributed by atoms with E-state index >= 15 is 0 Å². The Morgan fingerprint density at radius 3 is 1.97 bits per heavy atom. The highest BCUT2D eigenvalue weighted by Crippen LogP contribution is 2.58. The molecule has 0 unspecified atom stereocenters. The maximum Gasteiger partial charge on any atom is 0.329 e. The molecule has 1 aliphatic heterocycles. The predicted octanol–water partition coefficient (Wildman–Crippen LogP) is 5.60. The van der Waals surface area contributed by atoms with Crippen LogP contribution >= 0.6 is 11.6 Å². The van der Waals surface area contributed by atoms with Crippen molar-refractivity contribution in [3.8, 4) is 0 Å². The number of carbonyl (C=O) groups is 2. The molecule has 4 rings (SSSR count).